The van der Waals surface area contributed by atoms with E-state index in [1.165, 1.54) is 9.75 Å². The molecule has 6 nitrogen and oxygen atoms in total. The molecule has 2 aromatic rings. The molecule has 3 fully saturated rings. The van der Waals surface area contributed by atoms with Crippen LogP contribution in [0.1, 0.15) is 17.7 Å². The Morgan fingerprint density at radius 3 is 3.04 bits per heavy atom. The van der Waals surface area contributed by atoms with Gasteiger partial charge in [0, 0.05) is 50.4 Å². The Labute approximate surface area is 151 Å². The maximum Gasteiger partial charge on any atom is 0.227 e. The van der Waals surface area contributed by atoms with E-state index in [0.29, 0.717) is 25.1 Å². The lowest BCUT2D eigenvalue weighted by molar-refractivity contribution is -0.140. The molecule has 2 aromatic heterocycles. The Morgan fingerprint density at radius 2 is 2.24 bits per heavy atom. The lowest BCUT2D eigenvalue weighted by Crippen LogP contribution is -2.49. The Morgan fingerprint density at radius 1 is 1.32 bits per heavy atom. The number of nitrogens with one attached hydrogen (secondary N) is 1. The van der Waals surface area contributed by atoms with Crippen LogP contribution in [0.4, 0.5) is 0 Å². The summed E-state index contributed by atoms with van der Waals surface area (Å²) >= 11 is 1.80. The molecule has 0 unspecified atom stereocenters. The van der Waals surface area contributed by atoms with Gasteiger partial charge in [-0.05, 0) is 31.0 Å². The Hall–Kier alpha value is -1.70. The molecule has 0 aliphatic carbocycles. The van der Waals surface area contributed by atoms with E-state index in [0.717, 1.165) is 38.2 Å². The number of piperidine rings is 1. The Bertz CT molecular complexity index is 714. The van der Waals surface area contributed by atoms with Crippen LogP contribution in [0, 0.1) is 5.92 Å². The van der Waals surface area contributed by atoms with Crippen LogP contribution in [0.25, 0.3) is 10.6 Å². The number of aromatic nitrogens is 2. The van der Waals surface area contributed by atoms with Gasteiger partial charge in [0.2, 0.25) is 5.91 Å². The van der Waals surface area contributed by atoms with Crippen molar-refractivity contribution < 1.29 is 9.53 Å². The van der Waals surface area contributed by atoms with Crippen LogP contribution in [0.15, 0.2) is 24.4 Å². The first-order valence-corrected chi connectivity index (χ1v) is 9.66. The van der Waals surface area contributed by atoms with E-state index in [1.807, 2.05) is 6.07 Å². The number of ether oxygens (including phenoxy) is 1. The van der Waals surface area contributed by atoms with Gasteiger partial charge in [-0.1, -0.05) is 0 Å². The molecule has 0 aromatic carbocycles. The zero-order chi connectivity index (χ0) is 17.2. The van der Waals surface area contributed by atoms with Gasteiger partial charge in [0.1, 0.15) is 0 Å². The van der Waals surface area contributed by atoms with Crippen LogP contribution < -0.4 is 0 Å². The van der Waals surface area contributed by atoms with Crippen molar-refractivity contribution in [2.24, 2.45) is 5.92 Å². The fraction of sp³-hybridized carbons (Fsp3) is 0.556. The van der Waals surface area contributed by atoms with Gasteiger partial charge >= 0.3 is 0 Å². The maximum atomic E-state index is 12.7. The summed E-state index contributed by atoms with van der Waals surface area (Å²) in [5.74, 6) is 0.461. The normalized spacial score (nSPS) is 24.0. The third-order valence-corrected chi connectivity index (χ3v) is 6.32. The van der Waals surface area contributed by atoms with Crippen LogP contribution in [0.5, 0.6) is 0 Å². The first kappa shape index (κ1) is 16.8. The second-order valence-corrected chi connectivity index (χ2v) is 8.05. The summed E-state index contributed by atoms with van der Waals surface area (Å²) in [6.07, 6.45) is 3.91. The molecule has 25 heavy (non-hydrogen) atoms. The highest BCUT2D eigenvalue weighted by Crippen LogP contribution is 2.32. The number of nitrogens with zero attached hydrogens (tertiary/aromatic N) is 3. The molecule has 3 aliphatic heterocycles. The monoisotopic (exact) mass is 360 g/mol. The topological polar surface area (TPSA) is 61.5 Å². The van der Waals surface area contributed by atoms with Crippen molar-refractivity contribution in [3.05, 3.63) is 29.3 Å². The number of hydrogen-bond acceptors (Lipinski definition) is 5. The van der Waals surface area contributed by atoms with Gasteiger partial charge in [-0.3, -0.25) is 14.8 Å². The second-order valence-electron chi connectivity index (χ2n) is 6.88. The van der Waals surface area contributed by atoms with Crippen LogP contribution in [-0.4, -0.2) is 65.3 Å². The molecule has 5 rings (SSSR count). The number of amides is 1. The predicted molar refractivity (Wildman–Crippen MR) is 97.3 cm³/mol. The minimum atomic E-state index is 0.141. The molecule has 0 radical (unpaired) electrons. The molecule has 1 N–H and O–H groups in total. The summed E-state index contributed by atoms with van der Waals surface area (Å²) in [4.78, 5) is 19.8. The number of fused-ring (bicyclic) bond motifs is 4. The first-order chi connectivity index (χ1) is 12.2. The smallest absolute Gasteiger partial charge is 0.227 e. The van der Waals surface area contributed by atoms with Gasteiger partial charge in [0.15, 0.2) is 0 Å². The van der Waals surface area contributed by atoms with Gasteiger partial charge in [0.25, 0.3) is 0 Å². The summed E-state index contributed by atoms with van der Waals surface area (Å²) in [5.41, 5.74) is 1.06. The highest BCUT2D eigenvalue weighted by atomic mass is 32.1. The maximum absolute atomic E-state index is 12.7. The van der Waals surface area contributed by atoms with Crippen molar-refractivity contribution >= 4 is 17.2 Å². The lowest BCUT2D eigenvalue weighted by Gasteiger charge is -2.35. The average molecular weight is 360 g/mol. The molecule has 1 amide bonds. The average Bonchev–Trinajstić information content (AvgIpc) is 3.22. The van der Waals surface area contributed by atoms with Crippen molar-refractivity contribution in [2.45, 2.75) is 25.4 Å². The number of methoxy groups -OCH3 is 1. The summed E-state index contributed by atoms with van der Waals surface area (Å²) in [7, 11) is 1.70. The van der Waals surface area contributed by atoms with E-state index < -0.39 is 0 Å². The third-order valence-electron chi connectivity index (χ3n) is 5.21. The van der Waals surface area contributed by atoms with Crippen molar-refractivity contribution in [1.82, 2.24) is 20.0 Å². The quantitative estimate of drug-likeness (QED) is 0.858. The summed E-state index contributed by atoms with van der Waals surface area (Å²) in [6.45, 7) is 4.08. The lowest BCUT2D eigenvalue weighted by atomic mass is 9.94. The highest BCUT2D eigenvalue weighted by Gasteiger charge is 2.40. The fourth-order valence-electron chi connectivity index (χ4n) is 3.96. The molecule has 7 heteroatoms. The number of aromatic amines is 1. The largest absolute Gasteiger partial charge is 0.383 e. The van der Waals surface area contributed by atoms with E-state index in [1.54, 1.807) is 24.6 Å². The number of carbonyl (C=O) groups excluding carboxylic acids is 1. The summed E-state index contributed by atoms with van der Waals surface area (Å²) in [5, 5.41) is 7.04. The summed E-state index contributed by atoms with van der Waals surface area (Å²) in [6, 6.07) is 6.66. The zero-order valence-corrected chi connectivity index (χ0v) is 15.3. The predicted octanol–water partition coefficient (Wildman–Crippen LogP) is 2.21. The fourth-order valence-corrected chi connectivity index (χ4v) is 4.99. The van der Waals surface area contributed by atoms with Crippen molar-refractivity contribution in [3.8, 4) is 10.6 Å². The molecule has 2 bridgehead atoms. The number of H-pyrrole nitrogens is 1. The third kappa shape index (κ3) is 3.49. The zero-order valence-electron chi connectivity index (χ0n) is 14.5. The highest BCUT2D eigenvalue weighted by molar-refractivity contribution is 7.15. The standard InChI is InChI=1S/C18H24N4O2S/c1-24-9-8-22-14-3-2-13(18(22)23)10-21(11-14)12-15-4-5-17(25-15)16-6-7-19-20-16/h4-7,13-14H,2-3,8-12H2,1H3,(H,19,20)/t13-,14+/m1/s1. The van der Waals surface area contributed by atoms with E-state index >= 15 is 0 Å². The Balaban J connectivity index is 1.45. The van der Waals surface area contributed by atoms with E-state index in [4.69, 9.17) is 4.74 Å². The molecule has 0 spiro atoms. The van der Waals surface area contributed by atoms with Crippen molar-refractivity contribution in [3.63, 3.8) is 0 Å². The minimum absolute atomic E-state index is 0.141. The van der Waals surface area contributed by atoms with Gasteiger partial charge in [-0.15, -0.1) is 11.3 Å². The number of rotatable bonds is 6. The van der Waals surface area contributed by atoms with E-state index in [2.05, 4.69) is 32.1 Å². The molecule has 3 saturated heterocycles. The van der Waals surface area contributed by atoms with Crippen LogP contribution in [0.3, 0.4) is 0 Å². The Kier molecular flexibility index (Phi) is 4.87. The van der Waals surface area contributed by atoms with Gasteiger partial charge < -0.3 is 9.64 Å². The SMILES string of the molecule is COCCN1C(=O)[C@@H]2CC[C@H]1CN(Cc1ccc(-c3ccn[nH]3)s1)C2. The molecule has 134 valence electrons. The van der Waals surface area contributed by atoms with Crippen LogP contribution in [-0.2, 0) is 16.1 Å². The molecule has 0 saturated carbocycles. The van der Waals surface area contributed by atoms with Crippen molar-refractivity contribution in [2.75, 3.05) is 33.4 Å². The number of hydrogen-bond donors (Lipinski definition) is 1. The van der Waals surface area contributed by atoms with Gasteiger partial charge in [-0.25, -0.2) is 0 Å². The van der Waals surface area contributed by atoms with E-state index in [9.17, 15) is 4.79 Å². The molecular weight excluding hydrogens is 336 g/mol. The van der Waals surface area contributed by atoms with Crippen molar-refractivity contribution in [1.29, 1.82) is 0 Å². The van der Waals surface area contributed by atoms with Crippen LogP contribution >= 0.6 is 11.3 Å². The van der Waals surface area contributed by atoms with Crippen LogP contribution in [0.2, 0.25) is 0 Å². The first-order valence-electron chi connectivity index (χ1n) is 8.85. The molecule has 5 heterocycles. The number of thiophene rings is 1. The van der Waals surface area contributed by atoms with Gasteiger partial charge in [0.05, 0.1) is 23.1 Å². The van der Waals surface area contributed by atoms with Gasteiger partial charge in [-0.2, -0.15) is 5.10 Å². The minimum Gasteiger partial charge on any atom is -0.383 e. The summed E-state index contributed by atoms with van der Waals surface area (Å²) < 4.78 is 5.19. The number of carbonyl (C=O) groups is 1. The molecule has 2 atom stereocenters. The molecule has 3 aliphatic rings. The van der Waals surface area contributed by atoms with E-state index in [-0.39, 0.29) is 5.92 Å². The molecular formula is C18H24N4O2S. The second kappa shape index (κ2) is 7.27.